The number of hydrogen-bond donors (Lipinski definition) is 6. The van der Waals surface area contributed by atoms with E-state index in [1.165, 1.54) is 42.3 Å². The van der Waals surface area contributed by atoms with Gasteiger partial charge in [0.05, 0.1) is 52.9 Å². The largest absolute Gasteiger partial charge is 0.463 e. The maximum Gasteiger partial charge on any atom is 0.344 e. The second kappa shape index (κ2) is 83.3. The van der Waals surface area contributed by atoms with Crippen molar-refractivity contribution in [3.63, 3.8) is 0 Å². The van der Waals surface area contributed by atoms with E-state index >= 15 is 0 Å². The van der Waals surface area contributed by atoms with Gasteiger partial charge in [0.2, 0.25) is 0 Å². The average Bonchev–Trinajstić information content (AvgIpc) is 1.61. The van der Waals surface area contributed by atoms with Crippen molar-refractivity contribution in [3.05, 3.63) is 0 Å². The maximum absolute atomic E-state index is 13.2. The molecule has 0 aromatic heterocycles. The molecular weight excluding hydrogens is 1950 g/mol. The molecule has 60 heteroatoms. The molecule has 0 bridgehead atoms. The van der Waals surface area contributed by atoms with E-state index in [2.05, 4.69) is 34.4 Å². The smallest absolute Gasteiger partial charge is 0.344 e. The molecule has 54 nitrogen and oxygen atoms in total. The third-order valence-corrected chi connectivity index (χ3v) is 16.6. The van der Waals surface area contributed by atoms with E-state index in [1.54, 1.807) is 0 Å². The molecule has 12 amide bonds. The molecule has 0 radical (unpaired) electrons. The lowest BCUT2D eigenvalue weighted by atomic mass is 10.0. The number of carbonyl (C=O) groups is 24. The van der Waals surface area contributed by atoms with Crippen molar-refractivity contribution in [2.45, 2.75) is 204 Å². The Morgan fingerprint density at radius 3 is 0.559 bits per heavy atom. The van der Waals surface area contributed by atoms with Crippen LogP contribution in [0.3, 0.4) is 0 Å². The summed E-state index contributed by atoms with van der Waals surface area (Å²) in [6.07, 6.45) is -15.9. The molecule has 12 N–H and O–H groups in total. The van der Waals surface area contributed by atoms with Gasteiger partial charge in [0.15, 0.2) is 0 Å². The van der Waals surface area contributed by atoms with Crippen LogP contribution in [0.5, 0.6) is 0 Å². The standard InChI is InChI=1S/C70H88N6O42.6CH5N.6H2S/c77-45-16-17-46(78)71(45)113-62(94)11-1-6-57(89)105-30-28-101-41-43(103-32-34-106-58(90)7-2-12-63(95)114-72-47(79)18-19-48(72)80)69(111-38-36-108-60(92)9-4-14-65(97)116-74-51(83)22-23-52(74)84)70(112-39-37-109-61(93)10-5-15-66(98)117-75-53(85)24-25-54(75)86)44(42-102-29-31-110-67(99)40-68(100)118-76-55(87)26-27-56(76)88)104-33-35-107-59(91)8-3-13-64(96)115-73-49(81)20-21-50(73)82;6*1-2;;;;;;/h43-44,69-70H,1-42H2;6*2H2,1H3;6*1H2. The Kier molecular flexibility index (Phi) is 85.2. The molecule has 6 rings (SSSR count). The predicted molar refractivity (Wildman–Crippen MR) is 486 cm³/mol. The van der Waals surface area contributed by atoms with Gasteiger partial charge in [-0.1, -0.05) is 0 Å². The van der Waals surface area contributed by atoms with E-state index in [4.69, 9.17) is 85.9 Å². The second-order valence-corrected chi connectivity index (χ2v) is 25.7. The summed E-state index contributed by atoms with van der Waals surface area (Å²) < 4.78 is 69.3. The normalized spacial score (nSPS) is 14.6. The number of hydrogen-bond acceptors (Lipinski definition) is 48. The number of amides is 12. The third-order valence-electron chi connectivity index (χ3n) is 16.6. The highest BCUT2D eigenvalue weighted by atomic mass is 32.1. The zero-order valence-corrected chi connectivity index (χ0v) is 82.3. The first-order chi connectivity index (χ1) is 62.5. The summed E-state index contributed by atoms with van der Waals surface area (Å²) in [6, 6.07) is 0. The lowest BCUT2D eigenvalue weighted by molar-refractivity contribution is -0.207. The van der Waals surface area contributed by atoms with Gasteiger partial charge in [0, 0.05) is 141 Å². The fraction of sp³-hybridized carbons (Fsp3) is 0.684. The Morgan fingerprint density at radius 2 is 0.368 bits per heavy atom. The Labute approximate surface area is 824 Å². The van der Waals surface area contributed by atoms with Crippen molar-refractivity contribution in [2.24, 2.45) is 34.4 Å². The van der Waals surface area contributed by atoms with Gasteiger partial charge >= 0.3 is 71.6 Å². The summed E-state index contributed by atoms with van der Waals surface area (Å²) in [6.45, 7) is -8.72. The Morgan fingerprint density at radius 1 is 0.213 bits per heavy atom. The van der Waals surface area contributed by atoms with Crippen molar-refractivity contribution in [1.82, 2.24) is 30.4 Å². The molecule has 0 aromatic rings. The van der Waals surface area contributed by atoms with Crippen LogP contribution >= 0.6 is 81.0 Å². The van der Waals surface area contributed by atoms with E-state index in [-0.39, 0.29) is 195 Å². The van der Waals surface area contributed by atoms with E-state index in [0.29, 0.717) is 25.3 Å². The number of hydroxylamine groups is 12. The predicted octanol–water partition coefficient (Wildman–Crippen LogP) is -4.17. The zero-order chi connectivity index (χ0) is 98.1. The van der Waals surface area contributed by atoms with Crippen molar-refractivity contribution in [1.29, 1.82) is 0 Å². The van der Waals surface area contributed by atoms with Crippen LogP contribution in [-0.2, 0) is 201 Å². The van der Waals surface area contributed by atoms with Crippen molar-refractivity contribution in [3.8, 4) is 0 Å². The first-order valence-electron chi connectivity index (χ1n) is 40.9. The number of ether oxygens (including phenoxy) is 12. The van der Waals surface area contributed by atoms with Crippen molar-refractivity contribution < 1.29 is 201 Å². The summed E-state index contributed by atoms with van der Waals surface area (Å²) in [4.78, 5) is 327. The van der Waals surface area contributed by atoms with Crippen LogP contribution in [0, 0.1) is 0 Å². The van der Waals surface area contributed by atoms with Crippen LogP contribution in [0.25, 0.3) is 0 Å². The lowest BCUT2D eigenvalue weighted by Gasteiger charge is -2.37. The topological polar surface area (TPSA) is 751 Å². The molecule has 0 spiro atoms. The van der Waals surface area contributed by atoms with E-state index in [1.807, 2.05) is 0 Å². The van der Waals surface area contributed by atoms with Gasteiger partial charge in [-0.25, -0.2) is 28.8 Å². The second-order valence-electron chi connectivity index (χ2n) is 25.7. The Balaban J connectivity index is -0.00000177. The monoisotopic (exact) mass is 2070 g/mol. The molecule has 6 saturated heterocycles. The number of nitrogens with two attached hydrogens (primary N) is 6. The van der Waals surface area contributed by atoms with Gasteiger partial charge in [0.25, 0.3) is 70.9 Å². The quantitative estimate of drug-likeness (QED) is 0.0111. The number of esters is 6. The Bertz CT molecular complexity index is 3700. The number of nitrogens with zero attached hydrogens (tertiary/aromatic N) is 6. The fourth-order valence-corrected chi connectivity index (χ4v) is 10.8. The van der Waals surface area contributed by atoms with Crippen LogP contribution in [0.4, 0.5) is 0 Å². The minimum atomic E-state index is -1.75. The lowest BCUT2D eigenvalue weighted by Crippen LogP contribution is -2.53. The van der Waals surface area contributed by atoms with E-state index in [9.17, 15) is 115 Å². The molecular formula is C76H130N12O42S6. The molecule has 782 valence electrons. The summed E-state index contributed by atoms with van der Waals surface area (Å²) in [5.41, 5.74) is 27.0. The van der Waals surface area contributed by atoms with Gasteiger partial charge in [-0.15, -0.1) is 30.4 Å². The Hall–Kier alpha value is -9.90. The van der Waals surface area contributed by atoms with E-state index < -0.39 is 330 Å². The maximum atomic E-state index is 13.2. The molecule has 0 aromatic carbocycles. The van der Waals surface area contributed by atoms with Gasteiger partial charge in [-0.3, -0.25) is 86.3 Å². The van der Waals surface area contributed by atoms with Crippen molar-refractivity contribution >= 4 is 223 Å². The molecule has 136 heavy (non-hydrogen) atoms. The highest BCUT2D eigenvalue weighted by molar-refractivity contribution is 7.60. The highest BCUT2D eigenvalue weighted by Crippen LogP contribution is 2.24. The van der Waals surface area contributed by atoms with Gasteiger partial charge in [-0.05, 0) is 74.4 Å². The van der Waals surface area contributed by atoms with Crippen LogP contribution in [0.15, 0.2) is 0 Å². The zero-order valence-electron chi connectivity index (χ0n) is 76.3. The minimum absolute atomic E-state index is 0. The van der Waals surface area contributed by atoms with Crippen LogP contribution in [-0.4, -0.2) is 332 Å². The van der Waals surface area contributed by atoms with Gasteiger partial charge < -0.3 is 120 Å². The van der Waals surface area contributed by atoms with Gasteiger partial charge in [0.1, 0.15) is 70.5 Å². The molecule has 4 unspecified atom stereocenters. The number of rotatable bonds is 57. The minimum Gasteiger partial charge on any atom is -0.463 e. The first kappa shape index (κ1) is 139. The molecule has 0 aliphatic carbocycles. The SMILES string of the molecule is CN.CN.CN.CN.CN.CN.O=C(CCCC(=O)ON1C(=O)CCC1=O)OCCOCC(OCCOC(=O)CCCC(=O)ON1C(=O)CCC1=O)C(OCCOC(=O)CCCC(=O)ON1C(=O)CCC1=O)C(OCCOC(=O)CCCC(=O)ON1C(=O)CCC1=O)C(COCCOC(=O)CC(=O)ON1C(=O)CCC1=O)OCCOC(=O)CCCC(=O)ON1C(=O)CCC1=O.S.S.S.S.S.S. The molecule has 6 aliphatic rings. The summed E-state index contributed by atoms with van der Waals surface area (Å²) in [5.74, 6) is -21.6. The fourth-order valence-electron chi connectivity index (χ4n) is 10.8. The molecule has 6 heterocycles. The summed E-state index contributed by atoms with van der Waals surface area (Å²) in [7, 11) is 9.00. The van der Waals surface area contributed by atoms with Crippen molar-refractivity contribution in [2.75, 3.05) is 135 Å². The molecule has 0 saturated carbocycles. The van der Waals surface area contributed by atoms with Gasteiger partial charge in [-0.2, -0.15) is 81.0 Å². The first-order valence-corrected chi connectivity index (χ1v) is 40.9. The van der Waals surface area contributed by atoms with E-state index in [0.717, 1.165) is 0 Å². The molecule has 4 atom stereocenters. The molecule has 6 aliphatic heterocycles. The third kappa shape index (κ3) is 56.7. The highest BCUT2D eigenvalue weighted by Gasteiger charge is 2.42. The van der Waals surface area contributed by atoms with Crippen LogP contribution < -0.4 is 34.4 Å². The number of imide groups is 6. The van der Waals surface area contributed by atoms with Crippen LogP contribution in [0.1, 0.15) is 180 Å². The summed E-state index contributed by atoms with van der Waals surface area (Å²) >= 11 is 0. The molecule has 6 fully saturated rings. The summed E-state index contributed by atoms with van der Waals surface area (Å²) in [5, 5.41) is 1.76. The van der Waals surface area contributed by atoms with Crippen LogP contribution in [0.2, 0.25) is 0 Å². The average molecular weight is 2080 g/mol. The number of carbonyl (C=O) groups excluding carboxylic acids is 24.